The van der Waals surface area contributed by atoms with E-state index in [0.29, 0.717) is 5.75 Å². The number of nitrogens with one attached hydrogen (secondary N) is 2. The summed E-state index contributed by atoms with van der Waals surface area (Å²) >= 11 is 0. The zero-order valence-corrected chi connectivity index (χ0v) is 12.2. The molecule has 0 fully saturated rings. The summed E-state index contributed by atoms with van der Waals surface area (Å²) in [5.41, 5.74) is 5.03. The van der Waals surface area contributed by atoms with E-state index < -0.39 is 0 Å². The Bertz CT molecular complexity index is 729. The van der Waals surface area contributed by atoms with E-state index in [2.05, 4.69) is 34.6 Å². The van der Waals surface area contributed by atoms with Crippen molar-refractivity contribution in [2.75, 3.05) is 13.6 Å². The van der Waals surface area contributed by atoms with Crippen LogP contribution in [0.4, 0.5) is 0 Å². The van der Waals surface area contributed by atoms with Gasteiger partial charge in [0.2, 0.25) is 0 Å². The summed E-state index contributed by atoms with van der Waals surface area (Å²) in [7, 11) is 1.98. The molecule has 3 N–H and O–H groups in total. The monoisotopic (exact) mass is 280 g/mol. The highest BCUT2D eigenvalue weighted by Gasteiger charge is 2.11. The van der Waals surface area contributed by atoms with Gasteiger partial charge in [-0.2, -0.15) is 0 Å². The Kier molecular flexibility index (Phi) is 3.93. The first-order valence-corrected chi connectivity index (χ1v) is 7.29. The summed E-state index contributed by atoms with van der Waals surface area (Å²) in [5.74, 6) is 0.311. The van der Waals surface area contributed by atoms with Gasteiger partial charge in [0.05, 0.1) is 0 Å². The minimum atomic E-state index is 0.311. The summed E-state index contributed by atoms with van der Waals surface area (Å²) in [5, 5.41) is 13.9. The van der Waals surface area contributed by atoms with Crippen molar-refractivity contribution in [3.8, 4) is 5.75 Å². The quantitative estimate of drug-likeness (QED) is 0.672. The SMILES string of the molecule is CNCCc1c(Cc2ccc(O)cc2)[nH]c2ccccc12. The van der Waals surface area contributed by atoms with Crippen LogP contribution in [0.25, 0.3) is 10.9 Å². The van der Waals surface area contributed by atoms with Gasteiger partial charge in [0.1, 0.15) is 5.75 Å². The number of hydrogen-bond donors (Lipinski definition) is 3. The van der Waals surface area contributed by atoms with E-state index in [0.717, 1.165) is 19.4 Å². The molecule has 0 saturated heterocycles. The highest BCUT2D eigenvalue weighted by molar-refractivity contribution is 5.84. The first kappa shape index (κ1) is 13.7. The summed E-state index contributed by atoms with van der Waals surface area (Å²) in [6, 6.07) is 15.9. The van der Waals surface area contributed by atoms with Crippen LogP contribution in [0.15, 0.2) is 48.5 Å². The lowest BCUT2D eigenvalue weighted by atomic mass is 10.0. The Morgan fingerprint density at radius 2 is 1.81 bits per heavy atom. The van der Waals surface area contributed by atoms with Gasteiger partial charge in [-0.3, -0.25) is 0 Å². The van der Waals surface area contributed by atoms with Crippen LogP contribution >= 0.6 is 0 Å². The number of aromatic amines is 1. The van der Waals surface area contributed by atoms with Crippen molar-refractivity contribution in [2.24, 2.45) is 0 Å². The van der Waals surface area contributed by atoms with Crippen molar-refractivity contribution in [2.45, 2.75) is 12.8 Å². The summed E-state index contributed by atoms with van der Waals surface area (Å²) < 4.78 is 0. The van der Waals surface area contributed by atoms with E-state index in [9.17, 15) is 5.11 Å². The molecular weight excluding hydrogens is 260 g/mol. The molecular formula is C18H20N2O. The fourth-order valence-corrected chi connectivity index (χ4v) is 2.76. The summed E-state index contributed by atoms with van der Waals surface area (Å²) in [6.45, 7) is 0.963. The van der Waals surface area contributed by atoms with Crippen molar-refractivity contribution >= 4 is 10.9 Å². The maximum Gasteiger partial charge on any atom is 0.115 e. The Morgan fingerprint density at radius 3 is 2.57 bits per heavy atom. The highest BCUT2D eigenvalue weighted by Crippen LogP contribution is 2.25. The van der Waals surface area contributed by atoms with Crippen molar-refractivity contribution in [3.63, 3.8) is 0 Å². The number of fused-ring (bicyclic) bond motifs is 1. The second-order valence-electron chi connectivity index (χ2n) is 5.32. The lowest BCUT2D eigenvalue weighted by molar-refractivity contribution is 0.475. The van der Waals surface area contributed by atoms with Gasteiger partial charge in [-0.1, -0.05) is 30.3 Å². The molecule has 2 aromatic carbocycles. The number of aromatic nitrogens is 1. The fraction of sp³-hybridized carbons (Fsp3) is 0.222. The maximum atomic E-state index is 9.39. The van der Waals surface area contributed by atoms with Gasteiger partial charge in [0.25, 0.3) is 0 Å². The molecule has 0 unspecified atom stereocenters. The number of aromatic hydroxyl groups is 1. The normalized spacial score (nSPS) is 11.1. The predicted molar refractivity (Wildman–Crippen MR) is 86.8 cm³/mol. The van der Waals surface area contributed by atoms with Crippen LogP contribution in [0.2, 0.25) is 0 Å². The number of hydrogen-bond acceptors (Lipinski definition) is 2. The Labute approximate surface area is 124 Å². The van der Waals surface area contributed by atoms with Crippen LogP contribution in [0.5, 0.6) is 5.75 Å². The van der Waals surface area contributed by atoms with Crippen molar-refractivity contribution in [1.82, 2.24) is 10.3 Å². The lowest BCUT2D eigenvalue weighted by Crippen LogP contribution is -2.11. The molecule has 3 rings (SSSR count). The van der Waals surface area contributed by atoms with E-state index in [1.165, 1.54) is 27.7 Å². The average molecular weight is 280 g/mol. The van der Waals surface area contributed by atoms with E-state index >= 15 is 0 Å². The molecule has 0 spiro atoms. The van der Waals surface area contributed by atoms with E-state index in [1.807, 2.05) is 19.2 Å². The molecule has 0 aliphatic rings. The van der Waals surface area contributed by atoms with Crippen LogP contribution < -0.4 is 5.32 Å². The maximum absolute atomic E-state index is 9.39. The van der Waals surface area contributed by atoms with E-state index in [1.54, 1.807) is 12.1 Å². The van der Waals surface area contributed by atoms with Gasteiger partial charge in [0.15, 0.2) is 0 Å². The van der Waals surface area contributed by atoms with Crippen LogP contribution in [0.1, 0.15) is 16.8 Å². The molecule has 1 aromatic heterocycles. The van der Waals surface area contributed by atoms with Crippen molar-refractivity contribution in [3.05, 3.63) is 65.4 Å². The molecule has 0 saturated carbocycles. The molecule has 21 heavy (non-hydrogen) atoms. The topological polar surface area (TPSA) is 48.0 Å². The summed E-state index contributed by atoms with van der Waals surface area (Å²) in [6.07, 6.45) is 1.86. The number of H-pyrrole nitrogens is 1. The molecule has 3 nitrogen and oxygen atoms in total. The number of phenols is 1. The van der Waals surface area contributed by atoms with Gasteiger partial charge >= 0.3 is 0 Å². The molecule has 0 radical (unpaired) electrons. The Morgan fingerprint density at radius 1 is 1.05 bits per heavy atom. The van der Waals surface area contributed by atoms with Gasteiger partial charge < -0.3 is 15.4 Å². The highest BCUT2D eigenvalue weighted by atomic mass is 16.3. The van der Waals surface area contributed by atoms with Gasteiger partial charge in [0, 0.05) is 23.0 Å². The zero-order chi connectivity index (χ0) is 14.7. The third-order valence-corrected chi connectivity index (χ3v) is 3.84. The zero-order valence-electron chi connectivity index (χ0n) is 12.2. The van der Waals surface area contributed by atoms with Gasteiger partial charge in [-0.05, 0) is 49.3 Å². The first-order valence-electron chi connectivity index (χ1n) is 7.29. The Balaban J connectivity index is 1.97. The molecule has 1 heterocycles. The minimum absolute atomic E-state index is 0.311. The lowest BCUT2D eigenvalue weighted by Gasteiger charge is -2.05. The number of rotatable bonds is 5. The molecule has 3 heteroatoms. The van der Waals surface area contributed by atoms with E-state index in [4.69, 9.17) is 0 Å². The third kappa shape index (κ3) is 2.93. The van der Waals surface area contributed by atoms with Gasteiger partial charge in [-0.15, -0.1) is 0 Å². The molecule has 3 aromatic rings. The number of para-hydroxylation sites is 1. The number of benzene rings is 2. The molecule has 0 atom stereocenters. The molecule has 0 aliphatic carbocycles. The standard InChI is InChI=1S/C18H20N2O/c1-19-11-10-16-15-4-2-3-5-17(15)20-18(16)12-13-6-8-14(21)9-7-13/h2-9,19-21H,10-12H2,1H3. The largest absolute Gasteiger partial charge is 0.508 e. The molecule has 0 amide bonds. The summed E-state index contributed by atoms with van der Waals surface area (Å²) in [4.78, 5) is 3.55. The first-order chi connectivity index (χ1) is 10.3. The second-order valence-corrected chi connectivity index (χ2v) is 5.32. The average Bonchev–Trinajstić information content (AvgIpc) is 2.85. The minimum Gasteiger partial charge on any atom is -0.508 e. The van der Waals surface area contributed by atoms with Crippen LogP contribution in [-0.2, 0) is 12.8 Å². The molecule has 0 bridgehead atoms. The second kappa shape index (κ2) is 6.02. The number of likely N-dealkylation sites (N-methyl/N-ethyl adjacent to an activating group) is 1. The molecule has 0 aliphatic heterocycles. The van der Waals surface area contributed by atoms with Crippen LogP contribution in [0.3, 0.4) is 0 Å². The van der Waals surface area contributed by atoms with Crippen LogP contribution in [0, 0.1) is 0 Å². The van der Waals surface area contributed by atoms with E-state index in [-0.39, 0.29) is 0 Å². The van der Waals surface area contributed by atoms with Gasteiger partial charge in [-0.25, -0.2) is 0 Å². The third-order valence-electron chi connectivity index (χ3n) is 3.84. The number of phenolic OH excluding ortho intramolecular Hbond substituents is 1. The smallest absolute Gasteiger partial charge is 0.115 e. The molecule has 108 valence electrons. The fourth-order valence-electron chi connectivity index (χ4n) is 2.76. The van der Waals surface area contributed by atoms with Crippen molar-refractivity contribution < 1.29 is 5.11 Å². The Hall–Kier alpha value is -2.26. The van der Waals surface area contributed by atoms with Crippen molar-refractivity contribution in [1.29, 1.82) is 0 Å². The predicted octanol–water partition coefficient (Wildman–Crippen LogP) is 3.23. The van der Waals surface area contributed by atoms with Crippen LogP contribution in [-0.4, -0.2) is 23.7 Å².